The van der Waals surface area contributed by atoms with E-state index in [0.717, 1.165) is 78.5 Å². The Morgan fingerprint density at radius 1 is 0.382 bits per heavy atom. The van der Waals surface area contributed by atoms with E-state index in [4.69, 9.17) is 9.15 Å². The van der Waals surface area contributed by atoms with Gasteiger partial charge in [0.1, 0.15) is 22.8 Å². The predicted octanol–water partition coefficient (Wildman–Crippen LogP) is 14.4. The van der Waals surface area contributed by atoms with Crippen molar-refractivity contribution < 1.29 is 9.15 Å². The summed E-state index contributed by atoms with van der Waals surface area (Å²) < 4.78 is 13.2. The summed E-state index contributed by atoms with van der Waals surface area (Å²) in [5.41, 5.74) is 9.45. The largest absolute Gasteiger partial charge is 0.457 e. The lowest BCUT2D eigenvalue weighted by molar-refractivity contribution is 0.483. The second-order valence-corrected chi connectivity index (χ2v) is 13.5. The first-order chi connectivity index (χ1) is 27.3. The first kappa shape index (κ1) is 32.2. The zero-order valence-electron chi connectivity index (χ0n) is 29.8. The van der Waals surface area contributed by atoms with Crippen molar-refractivity contribution in [2.75, 3.05) is 4.90 Å². The van der Waals surface area contributed by atoms with Crippen molar-refractivity contribution >= 4 is 49.6 Å². The van der Waals surface area contributed by atoms with Crippen LogP contribution in [-0.4, -0.2) is 4.98 Å². The molecule has 0 N–H and O–H groups in total. The van der Waals surface area contributed by atoms with Gasteiger partial charge in [-0.15, -0.1) is 0 Å². The molecule has 0 fully saturated rings. The predicted molar refractivity (Wildman–Crippen MR) is 227 cm³/mol. The first-order valence-electron chi connectivity index (χ1n) is 18.4. The molecule has 0 radical (unpaired) electrons. The van der Waals surface area contributed by atoms with Crippen LogP contribution in [0.5, 0.6) is 11.5 Å². The molecule has 260 valence electrons. The molecule has 2 heterocycles. The zero-order valence-corrected chi connectivity index (χ0v) is 29.8. The lowest BCUT2D eigenvalue weighted by Crippen LogP contribution is -2.09. The summed E-state index contributed by atoms with van der Waals surface area (Å²) in [6.07, 6.45) is 3.65. The van der Waals surface area contributed by atoms with Crippen LogP contribution < -0.4 is 9.64 Å². The van der Waals surface area contributed by atoms with Gasteiger partial charge in [-0.05, 0) is 118 Å². The number of hydrogen-bond donors (Lipinski definition) is 0. The fourth-order valence-electron chi connectivity index (χ4n) is 7.66. The molecule has 0 atom stereocenters. The Kier molecular flexibility index (Phi) is 8.12. The van der Waals surface area contributed by atoms with Crippen molar-refractivity contribution in [3.05, 3.63) is 207 Å². The number of anilines is 3. The van der Waals surface area contributed by atoms with Gasteiger partial charge in [0.25, 0.3) is 0 Å². The van der Waals surface area contributed by atoms with Crippen LogP contribution in [0.3, 0.4) is 0 Å². The van der Waals surface area contributed by atoms with Gasteiger partial charge in [0, 0.05) is 51.4 Å². The van der Waals surface area contributed by atoms with Crippen LogP contribution in [0.4, 0.5) is 17.1 Å². The van der Waals surface area contributed by atoms with Gasteiger partial charge in [0.2, 0.25) is 0 Å². The normalized spacial score (nSPS) is 11.3. The standard InChI is InChI=1S/C51H34N2O2/c1-3-11-37(12-4-1)48-49-46-17-9-7-15-44(46)45-16-8-10-18-47(45)51(49)55-50(48)38-21-25-40(26-22-38)53(39-23-19-35(20-24-39)36-31-33-52-34-32-36)41-27-29-43(30-28-41)54-42-13-5-2-6-14-42/h1-34H. The zero-order chi connectivity index (χ0) is 36.6. The number of hydrogen-bond acceptors (Lipinski definition) is 4. The Labute approximate surface area is 319 Å². The Morgan fingerprint density at radius 2 is 0.855 bits per heavy atom. The average molecular weight is 707 g/mol. The molecule has 8 aromatic carbocycles. The maximum atomic E-state index is 7.02. The quantitative estimate of drug-likeness (QED) is 0.147. The summed E-state index contributed by atoms with van der Waals surface area (Å²) >= 11 is 0. The summed E-state index contributed by atoms with van der Waals surface area (Å²) in [5.74, 6) is 2.43. The number of rotatable bonds is 8. The third-order valence-corrected chi connectivity index (χ3v) is 10.2. The summed E-state index contributed by atoms with van der Waals surface area (Å²) in [6.45, 7) is 0. The molecular formula is C51H34N2O2. The average Bonchev–Trinajstić information content (AvgIpc) is 3.67. The summed E-state index contributed by atoms with van der Waals surface area (Å²) in [7, 11) is 0. The number of fused-ring (bicyclic) bond motifs is 6. The molecule has 10 aromatic rings. The number of ether oxygens (including phenoxy) is 1. The molecule has 0 aliphatic heterocycles. The van der Waals surface area contributed by atoms with Crippen LogP contribution in [0.15, 0.2) is 211 Å². The van der Waals surface area contributed by atoms with Gasteiger partial charge in [-0.3, -0.25) is 4.98 Å². The number of benzene rings is 8. The van der Waals surface area contributed by atoms with E-state index in [0.29, 0.717) is 0 Å². The number of furan rings is 1. The third-order valence-electron chi connectivity index (χ3n) is 10.2. The topological polar surface area (TPSA) is 38.5 Å². The number of aromatic nitrogens is 1. The highest BCUT2D eigenvalue weighted by Gasteiger charge is 2.23. The van der Waals surface area contributed by atoms with E-state index in [1.54, 1.807) is 0 Å². The second-order valence-electron chi connectivity index (χ2n) is 13.5. The first-order valence-corrected chi connectivity index (χ1v) is 18.4. The van der Waals surface area contributed by atoms with E-state index in [9.17, 15) is 0 Å². The molecule has 0 saturated carbocycles. The van der Waals surface area contributed by atoms with Crippen LogP contribution in [0.2, 0.25) is 0 Å². The molecule has 0 saturated heterocycles. The minimum atomic E-state index is 0.775. The monoisotopic (exact) mass is 706 g/mol. The molecule has 0 spiro atoms. The summed E-state index contributed by atoms with van der Waals surface area (Å²) in [6, 6.07) is 67.3. The Bertz CT molecular complexity index is 2900. The van der Waals surface area contributed by atoms with Crippen molar-refractivity contribution in [3.8, 4) is 45.1 Å². The Balaban J connectivity index is 1.10. The summed E-state index contributed by atoms with van der Waals surface area (Å²) in [4.78, 5) is 6.46. The van der Waals surface area contributed by atoms with Crippen molar-refractivity contribution in [1.29, 1.82) is 0 Å². The van der Waals surface area contributed by atoms with Gasteiger partial charge < -0.3 is 14.1 Å². The Hall–Kier alpha value is -7.43. The van der Waals surface area contributed by atoms with Crippen LogP contribution in [-0.2, 0) is 0 Å². The minimum Gasteiger partial charge on any atom is -0.457 e. The smallest absolute Gasteiger partial charge is 0.143 e. The van der Waals surface area contributed by atoms with Crippen molar-refractivity contribution in [1.82, 2.24) is 4.98 Å². The van der Waals surface area contributed by atoms with Gasteiger partial charge in [0.05, 0.1) is 0 Å². The van der Waals surface area contributed by atoms with Crippen LogP contribution >= 0.6 is 0 Å². The van der Waals surface area contributed by atoms with E-state index in [1.807, 2.05) is 67.0 Å². The fraction of sp³-hybridized carbons (Fsp3) is 0. The van der Waals surface area contributed by atoms with Gasteiger partial charge in [0.15, 0.2) is 0 Å². The van der Waals surface area contributed by atoms with Crippen molar-refractivity contribution in [2.45, 2.75) is 0 Å². The highest BCUT2D eigenvalue weighted by atomic mass is 16.5. The van der Waals surface area contributed by atoms with E-state index in [2.05, 4.69) is 149 Å². The number of pyridine rings is 1. The molecule has 2 aromatic heterocycles. The Morgan fingerprint density at radius 3 is 1.49 bits per heavy atom. The maximum absolute atomic E-state index is 7.02. The third kappa shape index (κ3) is 5.96. The fourth-order valence-corrected chi connectivity index (χ4v) is 7.66. The maximum Gasteiger partial charge on any atom is 0.143 e. The van der Waals surface area contributed by atoms with Gasteiger partial charge >= 0.3 is 0 Å². The van der Waals surface area contributed by atoms with E-state index < -0.39 is 0 Å². The molecule has 55 heavy (non-hydrogen) atoms. The molecule has 0 aliphatic rings. The lowest BCUT2D eigenvalue weighted by atomic mass is 9.92. The van der Waals surface area contributed by atoms with E-state index in [-0.39, 0.29) is 0 Å². The van der Waals surface area contributed by atoms with Gasteiger partial charge in [-0.2, -0.15) is 0 Å². The number of para-hydroxylation sites is 1. The van der Waals surface area contributed by atoms with Crippen molar-refractivity contribution in [2.24, 2.45) is 0 Å². The molecule has 0 amide bonds. The highest BCUT2D eigenvalue weighted by Crippen LogP contribution is 2.48. The number of nitrogens with zero attached hydrogens (tertiary/aromatic N) is 2. The highest BCUT2D eigenvalue weighted by molar-refractivity contribution is 6.28. The SMILES string of the molecule is c1ccc(Oc2ccc(N(c3ccc(-c4ccncc4)cc3)c3ccc(-c4oc5c6ccccc6c6ccccc6c5c4-c4ccccc4)cc3)cc2)cc1. The molecule has 10 rings (SSSR count). The van der Waals surface area contributed by atoms with Crippen LogP contribution in [0.25, 0.3) is 66.1 Å². The van der Waals surface area contributed by atoms with E-state index in [1.165, 1.54) is 16.2 Å². The lowest BCUT2D eigenvalue weighted by Gasteiger charge is -2.26. The minimum absolute atomic E-state index is 0.775. The van der Waals surface area contributed by atoms with Crippen LogP contribution in [0, 0.1) is 0 Å². The molecule has 0 unspecified atom stereocenters. The molecule has 0 aliphatic carbocycles. The molecule has 0 bridgehead atoms. The van der Waals surface area contributed by atoms with Gasteiger partial charge in [-0.1, -0.05) is 109 Å². The molecule has 4 heteroatoms. The molecule has 4 nitrogen and oxygen atoms in total. The van der Waals surface area contributed by atoms with E-state index >= 15 is 0 Å². The second kappa shape index (κ2) is 13.8. The van der Waals surface area contributed by atoms with Crippen molar-refractivity contribution in [3.63, 3.8) is 0 Å². The molecular weight excluding hydrogens is 673 g/mol. The summed E-state index contributed by atoms with van der Waals surface area (Å²) in [5, 5.41) is 5.83. The van der Waals surface area contributed by atoms with Crippen LogP contribution in [0.1, 0.15) is 0 Å². The van der Waals surface area contributed by atoms with Gasteiger partial charge in [-0.25, -0.2) is 0 Å².